The molecule has 26 heavy (non-hydrogen) atoms. The Morgan fingerprint density at radius 2 is 1.77 bits per heavy atom. The summed E-state index contributed by atoms with van der Waals surface area (Å²) >= 11 is 0. The second-order valence-electron chi connectivity index (χ2n) is 5.89. The predicted octanol–water partition coefficient (Wildman–Crippen LogP) is 2.59. The molecule has 0 saturated carbocycles. The van der Waals surface area contributed by atoms with Gasteiger partial charge in [-0.3, -0.25) is 0 Å². The van der Waals surface area contributed by atoms with Crippen molar-refractivity contribution in [1.29, 1.82) is 0 Å². The van der Waals surface area contributed by atoms with Gasteiger partial charge in [0.05, 0.1) is 18.4 Å². The Morgan fingerprint density at radius 1 is 1.08 bits per heavy atom. The van der Waals surface area contributed by atoms with Crippen molar-refractivity contribution in [2.75, 3.05) is 20.3 Å². The molecule has 2 aromatic rings. The molecule has 7 heteroatoms. The number of hydrogen-bond acceptors (Lipinski definition) is 5. The molecule has 0 aliphatic heterocycles. The number of carbonyl (C=O) groups is 1. The van der Waals surface area contributed by atoms with E-state index in [-0.39, 0.29) is 18.9 Å². The van der Waals surface area contributed by atoms with E-state index in [9.17, 15) is 13.2 Å². The minimum absolute atomic E-state index is 0.169. The van der Waals surface area contributed by atoms with E-state index in [1.807, 2.05) is 32.0 Å². The molecule has 0 saturated heterocycles. The number of sulfonamides is 1. The van der Waals surface area contributed by atoms with E-state index >= 15 is 0 Å². The maximum atomic E-state index is 12.1. The first-order valence-electron chi connectivity index (χ1n) is 8.16. The van der Waals surface area contributed by atoms with Crippen LogP contribution in [0.5, 0.6) is 5.75 Å². The fraction of sp³-hybridized carbons (Fsp3) is 0.316. The molecule has 0 aliphatic carbocycles. The lowest BCUT2D eigenvalue weighted by atomic mass is 10.1. The molecule has 0 amide bonds. The molecule has 6 nitrogen and oxygen atoms in total. The van der Waals surface area contributed by atoms with Crippen LogP contribution in [0.25, 0.3) is 0 Å². The second-order valence-corrected chi connectivity index (χ2v) is 7.70. The third-order valence-electron chi connectivity index (χ3n) is 3.97. The SMILES string of the molecule is COC(=O)c1ccc(CS(=O)(=O)NCCOc2cccc(C)c2C)cc1. The number of hydrogen-bond donors (Lipinski definition) is 1. The Hall–Kier alpha value is -2.38. The van der Waals surface area contributed by atoms with E-state index in [2.05, 4.69) is 9.46 Å². The van der Waals surface area contributed by atoms with Crippen molar-refractivity contribution in [2.24, 2.45) is 0 Å². The van der Waals surface area contributed by atoms with Gasteiger partial charge in [-0.1, -0.05) is 24.3 Å². The fourth-order valence-corrected chi connectivity index (χ4v) is 3.49. The van der Waals surface area contributed by atoms with Crippen molar-refractivity contribution >= 4 is 16.0 Å². The normalized spacial score (nSPS) is 11.2. The zero-order chi connectivity index (χ0) is 19.2. The summed E-state index contributed by atoms with van der Waals surface area (Å²) in [4.78, 5) is 11.4. The van der Waals surface area contributed by atoms with Crippen LogP contribution in [0.2, 0.25) is 0 Å². The van der Waals surface area contributed by atoms with Gasteiger partial charge in [0, 0.05) is 6.54 Å². The summed E-state index contributed by atoms with van der Waals surface area (Å²) in [6.45, 7) is 4.38. The van der Waals surface area contributed by atoms with Crippen LogP contribution < -0.4 is 9.46 Å². The third-order valence-corrected chi connectivity index (χ3v) is 5.33. The van der Waals surface area contributed by atoms with Crippen LogP contribution in [-0.4, -0.2) is 34.6 Å². The first-order chi connectivity index (χ1) is 12.3. The smallest absolute Gasteiger partial charge is 0.337 e. The largest absolute Gasteiger partial charge is 0.492 e. The Labute approximate surface area is 154 Å². The van der Waals surface area contributed by atoms with Crippen molar-refractivity contribution in [3.63, 3.8) is 0 Å². The third kappa shape index (κ3) is 5.57. The molecule has 0 aliphatic rings. The van der Waals surface area contributed by atoms with Crippen LogP contribution in [0.15, 0.2) is 42.5 Å². The standard InChI is InChI=1S/C19H23NO5S/c1-14-5-4-6-18(15(14)2)25-12-11-20-26(22,23)13-16-7-9-17(10-8-16)19(21)24-3/h4-10,20H,11-13H2,1-3H3. The second kappa shape index (κ2) is 8.82. The van der Waals surface area contributed by atoms with Crippen LogP contribution in [0.1, 0.15) is 27.0 Å². The molecule has 0 bridgehead atoms. The molecule has 0 fully saturated rings. The van der Waals surface area contributed by atoms with Crippen molar-refractivity contribution in [2.45, 2.75) is 19.6 Å². The minimum Gasteiger partial charge on any atom is -0.492 e. The van der Waals surface area contributed by atoms with Gasteiger partial charge in [-0.15, -0.1) is 0 Å². The number of rotatable bonds is 8. The van der Waals surface area contributed by atoms with Gasteiger partial charge in [0.2, 0.25) is 10.0 Å². The van der Waals surface area contributed by atoms with Crippen molar-refractivity contribution in [3.05, 3.63) is 64.7 Å². The quantitative estimate of drug-likeness (QED) is 0.565. The van der Waals surface area contributed by atoms with Gasteiger partial charge < -0.3 is 9.47 Å². The summed E-state index contributed by atoms with van der Waals surface area (Å²) in [6, 6.07) is 12.0. The lowest BCUT2D eigenvalue weighted by Gasteiger charge is -2.12. The molecule has 1 N–H and O–H groups in total. The molecular weight excluding hydrogens is 354 g/mol. The molecule has 0 atom stereocenters. The molecule has 0 aromatic heterocycles. The lowest BCUT2D eigenvalue weighted by molar-refractivity contribution is 0.0600. The number of esters is 1. The van der Waals surface area contributed by atoms with E-state index in [0.29, 0.717) is 11.1 Å². The summed E-state index contributed by atoms with van der Waals surface area (Å²) in [7, 11) is -2.20. The summed E-state index contributed by atoms with van der Waals surface area (Å²) in [5, 5.41) is 0. The van der Waals surface area contributed by atoms with Gasteiger partial charge >= 0.3 is 5.97 Å². The van der Waals surface area contributed by atoms with E-state index in [4.69, 9.17) is 4.74 Å². The van der Waals surface area contributed by atoms with Gasteiger partial charge in [-0.05, 0) is 48.7 Å². The van der Waals surface area contributed by atoms with Gasteiger partial charge in [0.15, 0.2) is 0 Å². The maximum absolute atomic E-state index is 12.1. The number of aryl methyl sites for hydroxylation is 1. The molecule has 0 unspecified atom stereocenters. The van der Waals surface area contributed by atoms with Gasteiger partial charge in [0.25, 0.3) is 0 Å². The maximum Gasteiger partial charge on any atom is 0.337 e. The number of carbonyl (C=O) groups excluding carboxylic acids is 1. The van der Waals surface area contributed by atoms with Crippen LogP contribution in [0.4, 0.5) is 0 Å². The summed E-state index contributed by atoms with van der Waals surface area (Å²) < 4.78 is 37.1. The highest BCUT2D eigenvalue weighted by atomic mass is 32.2. The minimum atomic E-state index is -3.49. The molecule has 0 spiro atoms. The van der Waals surface area contributed by atoms with Crippen molar-refractivity contribution in [1.82, 2.24) is 4.72 Å². The Morgan fingerprint density at radius 3 is 2.42 bits per heavy atom. The zero-order valence-electron chi connectivity index (χ0n) is 15.1. The zero-order valence-corrected chi connectivity index (χ0v) is 15.9. The van der Waals surface area contributed by atoms with Crippen LogP contribution >= 0.6 is 0 Å². The number of benzene rings is 2. The van der Waals surface area contributed by atoms with Gasteiger partial charge in [-0.2, -0.15) is 0 Å². The molecule has 0 heterocycles. The van der Waals surface area contributed by atoms with Crippen LogP contribution in [0.3, 0.4) is 0 Å². The number of nitrogens with one attached hydrogen (secondary N) is 1. The number of methoxy groups -OCH3 is 1. The summed E-state index contributed by atoms with van der Waals surface area (Å²) in [5.74, 6) is 0.126. The highest BCUT2D eigenvalue weighted by Gasteiger charge is 2.12. The number of ether oxygens (including phenoxy) is 2. The van der Waals surface area contributed by atoms with Crippen molar-refractivity contribution < 1.29 is 22.7 Å². The van der Waals surface area contributed by atoms with E-state index in [1.165, 1.54) is 7.11 Å². The average Bonchev–Trinajstić information content (AvgIpc) is 2.61. The van der Waals surface area contributed by atoms with E-state index in [1.54, 1.807) is 24.3 Å². The average molecular weight is 377 g/mol. The molecule has 140 valence electrons. The first-order valence-corrected chi connectivity index (χ1v) is 9.81. The Kier molecular flexibility index (Phi) is 6.76. The molecular formula is C19H23NO5S. The summed E-state index contributed by atoms with van der Waals surface area (Å²) in [5.41, 5.74) is 3.13. The van der Waals surface area contributed by atoms with Crippen LogP contribution in [0, 0.1) is 13.8 Å². The molecule has 2 rings (SSSR count). The summed E-state index contributed by atoms with van der Waals surface area (Å²) in [6.07, 6.45) is 0. The Bertz CT molecular complexity index is 860. The van der Waals surface area contributed by atoms with Crippen molar-refractivity contribution in [3.8, 4) is 5.75 Å². The Balaban J connectivity index is 1.85. The van der Waals surface area contributed by atoms with E-state index in [0.717, 1.165) is 16.9 Å². The highest BCUT2D eigenvalue weighted by molar-refractivity contribution is 7.88. The molecule has 2 aromatic carbocycles. The molecule has 0 radical (unpaired) electrons. The lowest BCUT2D eigenvalue weighted by Crippen LogP contribution is -2.29. The fourth-order valence-electron chi connectivity index (χ4n) is 2.36. The highest BCUT2D eigenvalue weighted by Crippen LogP contribution is 2.20. The predicted molar refractivity (Wildman–Crippen MR) is 99.8 cm³/mol. The monoisotopic (exact) mass is 377 g/mol. The first kappa shape index (κ1) is 19.9. The van der Waals surface area contributed by atoms with Gasteiger partial charge in [0.1, 0.15) is 12.4 Å². The topological polar surface area (TPSA) is 81.7 Å². The van der Waals surface area contributed by atoms with E-state index < -0.39 is 16.0 Å². The van der Waals surface area contributed by atoms with Gasteiger partial charge in [-0.25, -0.2) is 17.9 Å². The van der Waals surface area contributed by atoms with Crippen LogP contribution in [-0.2, 0) is 20.5 Å².